The van der Waals surface area contributed by atoms with E-state index < -0.39 is 4.92 Å². The molecule has 1 aromatic heterocycles. The van der Waals surface area contributed by atoms with E-state index in [0.717, 1.165) is 5.56 Å². The van der Waals surface area contributed by atoms with Crippen LogP contribution in [0.15, 0.2) is 30.3 Å². The zero-order valence-electron chi connectivity index (χ0n) is 11.3. The highest BCUT2D eigenvalue weighted by Gasteiger charge is 2.20. The van der Waals surface area contributed by atoms with Crippen LogP contribution in [0.2, 0.25) is 5.15 Å². The highest BCUT2D eigenvalue weighted by atomic mass is 35.5. The van der Waals surface area contributed by atoms with E-state index in [1.165, 1.54) is 6.07 Å². The van der Waals surface area contributed by atoms with Crippen LogP contribution in [0, 0.1) is 17.0 Å². The number of rotatable bonds is 5. The van der Waals surface area contributed by atoms with Crippen molar-refractivity contribution in [3.8, 4) is 0 Å². The lowest BCUT2D eigenvalue weighted by atomic mass is 10.1. The Labute approximate surface area is 126 Å². The van der Waals surface area contributed by atoms with Crippen molar-refractivity contribution in [2.75, 3.05) is 11.9 Å². The van der Waals surface area contributed by atoms with E-state index in [2.05, 4.69) is 10.3 Å². The van der Waals surface area contributed by atoms with Crippen molar-refractivity contribution in [2.45, 2.75) is 13.3 Å². The Morgan fingerprint density at radius 1 is 1.38 bits per heavy atom. The monoisotopic (exact) mass is 307 g/mol. The Morgan fingerprint density at radius 2 is 2.05 bits per heavy atom. The third-order valence-electron chi connectivity index (χ3n) is 2.95. The number of aryl methyl sites for hydroxylation is 1. The standard InChI is InChI=1S/C14H14ClN3O3/c1-9-8-12(15)17-14(13(9)18(20)21)16-11-4-2-10(3-5-11)6-7-19/h2-5,8,19H,6-7H2,1H3,(H,16,17). The molecule has 6 nitrogen and oxygen atoms in total. The van der Waals surface area contributed by atoms with Crippen molar-refractivity contribution in [3.05, 3.63) is 56.7 Å². The number of benzene rings is 1. The van der Waals surface area contributed by atoms with E-state index in [-0.39, 0.29) is 23.3 Å². The minimum Gasteiger partial charge on any atom is -0.396 e. The van der Waals surface area contributed by atoms with Gasteiger partial charge in [0, 0.05) is 17.9 Å². The average Bonchev–Trinajstić information content (AvgIpc) is 2.40. The summed E-state index contributed by atoms with van der Waals surface area (Å²) in [5.74, 6) is 0.111. The second kappa shape index (κ2) is 6.51. The number of pyridine rings is 1. The van der Waals surface area contributed by atoms with Gasteiger partial charge in [0.15, 0.2) is 0 Å². The molecule has 0 atom stereocenters. The highest BCUT2D eigenvalue weighted by molar-refractivity contribution is 6.29. The first-order chi connectivity index (χ1) is 10.0. The molecule has 0 saturated carbocycles. The predicted octanol–water partition coefficient (Wildman–Crippen LogP) is 3.23. The largest absolute Gasteiger partial charge is 0.396 e. The van der Waals surface area contributed by atoms with Gasteiger partial charge in [-0.1, -0.05) is 23.7 Å². The number of aromatic nitrogens is 1. The first-order valence-electron chi connectivity index (χ1n) is 6.29. The van der Waals surface area contributed by atoms with Crippen LogP contribution in [0.4, 0.5) is 17.2 Å². The van der Waals surface area contributed by atoms with Crippen LogP contribution in [0.3, 0.4) is 0 Å². The molecule has 7 heteroatoms. The quantitative estimate of drug-likeness (QED) is 0.503. The van der Waals surface area contributed by atoms with Crippen LogP contribution in [-0.4, -0.2) is 21.6 Å². The van der Waals surface area contributed by atoms with E-state index in [0.29, 0.717) is 17.7 Å². The minimum atomic E-state index is -0.485. The Bertz CT molecular complexity index is 659. The topological polar surface area (TPSA) is 88.3 Å². The number of nitrogens with one attached hydrogen (secondary N) is 1. The summed E-state index contributed by atoms with van der Waals surface area (Å²) in [5.41, 5.74) is 1.99. The van der Waals surface area contributed by atoms with E-state index in [1.807, 2.05) is 12.1 Å². The van der Waals surface area contributed by atoms with E-state index >= 15 is 0 Å². The molecule has 0 aliphatic rings. The molecule has 2 rings (SSSR count). The average molecular weight is 308 g/mol. The molecule has 2 aromatic rings. The third-order valence-corrected chi connectivity index (χ3v) is 3.15. The minimum absolute atomic E-state index is 0.0767. The van der Waals surface area contributed by atoms with Crippen molar-refractivity contribution in [3.63, 3.8) is 0 Å². The van der Waals surface area contributed by atoms with Crippen LogP contribution < -0.4 is 5.32 Å². The maximum Gasteiger partial charge on any atom is 0.314 e. The third kappa shape index (κ3) is 3.68. The molecular formula is C14H14ClN3O3. The maximum atomic E-state index is 11.1. The van der Waals surface area contributed by atoms with Crippen LogP contribution in [0.25, 0.3) is 0 Å². The highest BCUT2D eigenvalue weighted by Crippen LogP contribution is 2.31. The lowest BCUT2D eigenvalue weighted by Gasteiger charge is -2.09. The van der Waals surface area contributed by atoms with Crippen molar-refractivity contribution in [1.29, 1.82) is 0 Å². The van der Waals surface area contributed by atoms with Crippen LogP contribution in [0.5, 0.6) is 0 Å². The van der Waals surface area contributed by atoms with Gasteiger partial charge < -0.3 is 10.4 Å². The molecule has 0 radical (unpaired) electrons. The first-order valence-corrected chi connectivity index (χ1v) is 6.67. The molecule has 110 valence electrons. The van der Waals surface area contributed by atoms with Gasteiger partial charge in [0.1, 0.15) is 5.15 Å². The molecule has 2 N–H and O–H groups in total. The molecule has 0 aliphatic heterocycles. The maximum absolute atomic E-state index is 11.1. The summed E-state index contributed by atoms with van der Waals surface area (Å²) in [6.07, 6.45) is 0.564. The molecule has 1 aromatic carbocycles. The number of aliphatic hydroxyl groups excluding tert-OH is 1. The Morgan fingerprint density at radius 3 is 2.62 bits per heavy atom. The number of halogens is 1. The van der Waals surface area contributed by atoms with Crippen LogP contribution in [0.1, 0.15) is 11.1 Å². The van der Waals surface area contributed by atoms with E-state index in [4.69, 9.17) is 16.7 Å². The fourth-order valence-corrected chi connectivity index (χ4v) is 2.21. The zero-order valence-corrected chi connectivity index (χ0v) is 12.1. The lowest BCUT2D eigenvalue weighted by Crippen LogP contribution is -2.02. The Balaban J connectivity index is 2.32. The van der Waals surface area contributed by atoms with Crippen molar-refractivity contribution in [1.82, 2.24) is 4.98 Å². The molecule has 0 fully saturated rings. The summed E-state index contributed by atoms with van der Waals surface area (Å²) in [7, 11) is 0. The summed E-state index contributed by atoms with van der Waals surface area (Å²) in [5, 5.41) is 23.1. The molecular weight excluding hydrogens is 294 g/mol. The van der Waals surface area contributed by atoms with Crippen LogP contribution in [-0.2, 0) is 6.42 Å². The van der Waals surface area contributed by atoms with Gasteiger partial charge in [-0.15, -0.1) is 0 Å². The number of aliphatic hydroxyl groups is 1. The Kier molecular flexibility index (Phi) is 4.72. The van der Waals surface area contributed by atoms with Gasteiger partial charge in [-0.25, -0.2) is 4.98 Å². The molecule has 1 heterocycles. The van der Waals surface area contributed by atoms with E-state index in [9.17, 15) is 10.1 Å². The summed E-state index contributed by atoms with van der Waals surface area (Å²) < 4.78 is 0. The summed E-state index contributed by atoms with van der Waals surface area (Å²) >= 11 is 5.86. The van der Waals surface area contributed by atoms with Gasteiger partial charge in [0.2, 0.25) is 5.82 Å². The van der Waals surface area contributed by atoms with Gasteiger partial charge >= 0.3 is 5.69 Å². The fraction of sp³-hybridized carbons (Fsp3) is 0.214. The predicted molar refractivity (Wildman–Crippen MR) is 81.2 cm³/mol. The second-order valence-electron chi connectivity index (χ2n) is 4.51. The lowest BCUT2D eigenvalue weighted by molar-refractivity contribution is -0.384. The number of nitrogens with zero attached hydrogens (tertiary/aromatic N) is 2. The molecule has 0 spiro atoms. The normalized spacial score (nSPS) is 10.4. The number of hydrogen-bond acceptors (Lipinski definition) is 5. The Hall–Kier alpha value is -2.18. The number of anilines is 2. The molecule has 0 amide bonds. The van der Waals surface area contributed by atoms with Crippen molar-refractivity contribution < 1.29 is 10.0 Å². The zero-order chi connectivity index (χ0) is 15.4. The van der Waals surface area contributed by atoms with Crippen LogP contribution >= 0.6 is 11.6 Å². The SMILES string of the molecule is Cc1cc(Cl)nc(Nc2ccc(CCO)cc2)c1[N+](=O)[O-]. The summed E-state index contributed by atoms with van der Waals surface area (Å²) in [6, 6.07) is 8.66. The smallest absolute Gasteiger partial charge is 0.314 e. The molecule has 0 bridgehead atoms. The molecule has 0 aliphatic carbocycles. The summed E-state index contributed by atoms with van der Waals surface area (Å²) in [4.78, 5) is 14.6. The molecule has 0 unspecified atom stereocenters. The van der Waals surface area contributed by atoms with Gasteiger partial charge in [-0.3, -0.25) is 10.1 Å². The molecule has 21 heavy (non-hydrogen) atoms. The summed E-state index contributed by atoms with van der Waals surface area (Å²) in [6.45, 7) is 1.69. The molecule has 0 saturated heterocycles. The van der Waals surface area contributed by atoms with Gasteiger partial charge in [0.05, 0.1) is 4.92 Å². The number of nitro groups is 1. The van der Waals surface area contributed by atoms with Crippen molar-refractivity contribution in [2.24, 2.45) is 0 Å². The second-order valence-corrected chi connectivity index (χ2v) is 4.90. The van der Waals surface area contributed by atoms with Gasteiger partial charge in [-0.05, 0) is 37.1 Å². The van der Waals surface area contributed by atoms with E-state index in [1.54, 1.807) is 19.1 Å². The van der Waals surface area contributed by atoms with Gasteiger partial charge in [0.25, 0.3) is 0 Å². The fourth-order valence-electron chi connectivity index (χ4n) is 1.96. The van der Waals surface area contributed by atoms with Gasteiger partial charge in [-0.2, -0.15) is 0 Å². The number of hydrogen-bond donors (Lipinski definition) is 2. The first kappa shape index (κ1) is 15.2. The van der Waals surface area contributed by atoms with Crippen molar-refractivity contribution >= 4 is 28.8 Å².